The summed E-state index contributed by atoms with van der Waals surface area (Å²) in [6, 6.07) is 36.9. The molecule has 31 heavy (non-hydrogen) atoms. The van der Waals surface area contributed by atoms with Gasteiger partial charge in [0, 0.05) is 16.7 Å². The topological polar surface area (TPSA) is 49.7 Å². The molecule has 150 valence electrons. The Labute approximate surface area is 181 Å². The lowest BCUT2D eigenvalue weighted by Crippen LogP contribution is -2.17. The highest BCUT2D eigenvalue weighted by Crippen LogP contribution is 2.26. The predicted molar refractivity (Wildman–Crippen MR) is 126 cm³/mol. The number of benzene rings is 4. The predicted octanol–water partition coefficient (Wildman–Crippen LogP) is 6.66. The minimum atomic E-state index is -0.291. The summed E-state index contributed by atoms with van der Waals surface area (Å²) in [6.45, 7) is 0. The van der Waals surface area contributed by atoms with E-state index < -0.39 is 0 Å². The third-order valence-corrected chi connectivity index (χ3v) is 4.83. The van der Waals surface area contributed by atoms with E-state index in [0.29, 0.717) is 22.5 Å². The van der Waals surface area contributed by atoms with Gasteiger partial charge in [0.05, 0.1) is 17.0 Å². The fourth-order valence-corrected chi connectivity index (χ4v) is 3.29. The van der Waals surface area contributed by atoms with Gasteiger partial charge in [0.15, 0.2) is 5.78 Å². The molecule has 0 aliphatic heterocycles. The van der Waals surface area contributed by atoms with Gasteiger partial charge in [-0.05, 0) is 12.1 Å². The Morgan fingerprint density at radius 2 is 0.968 bits per heavy atom. The van der Waals surface area contributed by atoms with Crippen molar-refractivity contribution in [2.45, 2.75) is 0 Å². The van der Waals surface area contributed by atoms with Crippen LogP contribution in [0.5, 0.6) is 0 Å². The van der Waals surface area contributed by atoms with Gasteiger partial charge in [0.1, 0.15) is 5.76 Å². The summed E-state index contributed by atoms with van der Waals surface area (Å²) in [7, 11) is 0. The molecular weight excluding hydrogens is 382 g/mol. The van der Waals surface area contributed by atoms with Crippen LogP contribution >= 0.6 is 0 Å². The van der Waals surface area contributed by atoms with Crippen LogP contribution in [0.15, 0.2) is 132 Å². The molecular formula is C28H21NO2. The van der Waals surface area contributed by atoms with Crippen molar-refractivity contribution in [3.05, 3.63) is 144 Å². The van der Waals surface area contributed by atoms with Crippen LogP contribution < -0.4 is 0 Å². The molecule has 0 aliphatic rings. The summed E-state index contributed by atoms with van der Waals surface area (Å²) in [5.74, 6) is -0.395. The number of para-hydroxylation sites is 1. The smallest absolute Gasteiger partial charge is 0.198 e. The van der Waals surface area contributed by atoms with Gasteiger partial charge in [-0.25, -0.2) is 4.99 Å². The molecule has 4 rings (SSSR count). The minimum absolute atomic E-state index is 0.104. The molecule has 3 nitrogen and oxygen atoms in total. The van der Waals surface area contributed by atoms with Crippen LogP contribution in [0, 0.1) is 0 Å². The average Bonchev–Trinajstić information content (AvgIpc) is 2.85. The van der Waals surface area contributed by atoms with Gasteiger partial charge >= 0.3 is 0 Å². The molecule has 0 radical (unpaired) electrons. The van der Waals surface area contributed by atoms with Crippen molar-refractivity contribution in [2.75, 3.05) is 0 Å². The van der Waals surface area contributed by atoms with E-state index in [1.165, 1.54) is 0 Å². The van der Waals surface area contributed by atoms with Gasteiger partial charge < -0.3 is 5.11 Å². The summed E-state index contributed by atoms with van der Waals surface area (Å²) >= 11 is 0. The lowest BCUT2D eigenvalue weighted by molar-refractivity contribution is 0.103. The number of ketones is 1. The largest absolute Gasteiger partial charge is 0.506 e. The first-order valence-electron chi connectivity index (χ1n) is 10.0. The van der Waals surface area contributed by atoms with E-state index in [1.807, 2.05) is 84.9 Å². The zero-order valence-corrected chi connectivity index (χ0v) is 16.8. The molecule has 0 unspecified atom stereocenters. The summed E-state index contributed by atoms with van der Waals surface area (Å²) in [4.78, 5) is 18.5. The third-order valence-electron chi connectivity index (χ3n) is 4.83. The molecule has 0 atom stereocenters. The van der Waals surface area contributed by atoms with Gasteiger partial charge in [0.25, 0.3) is 0 Å². The number of aliphatic hydroxyl groups is 1. The summed E-state index contributed by atoms with van der Waals surface area (Å²) in [6.07, 6.45) is 0. The monoisotopic (exact) mass is 403 g/mol. The van der Waals surface area contributed by atoms with E-state index in [9.17, 15) is 9.90 Å². The molecule has 0 saturated heterocycles. The standard InChI is InChI=1S/C28H21NO2/c30-27(22-15-7-2-8-16-22)25(28(31)23-17-9-3-10-18-23)26(21-13-5-1-6-14-21)29-24-19-11-4-12-20-24/h1-20,30H/b27-25+,29-26?. The Hall–Kier alpha value is -4.24. The molecule has 0 spiro atoms. The number of Topliss-reactive ketones (excluding diaryl/α,β-unsaturated/α-hetero) is 1. The van der Waals surface area contributed by atoms with E-state index in [4.69, 9.17) is 4.99 Å². The SMILES string of the molecule is O=C(/C(C(=Nc1ccccc1)c1ccccc1)=C(/O)c1ccccc1)c1ccccc1. The normalized spacial score (nSPS) is 12.2. The molecule has 0 saturated carbocycles. The molecule has 0 bridgehead atoms. The van der Waals surface area contributed by atoms with E-state index >= 15 is 0 Å². The molecule has 3 heteroatoms. The molecule has 1 N–H and O–H groups in total. The maximum Gasteiger partial charge on any atom is 0.198 e. The second-order valence-electron chi connectivity index (χ2n) is 6.95. The molecule has 0 aliphatic carbocycles. The van der Waals surface area contributed by atoms with Gasteiger partial charge in [0.2, 0.25) is 0 Å². The number of aliphatic hydroxyl groups excluding tert-OH is 1. The fraction of sp³-hybridized carbons (Fsp3) is 0. The number of hydrogen-bond donors (Lipinski definition) is 1. The highest BCUT2D eigenvalue weighted by atomic mass is 16.3. The highest BCUT2D eigenvalue weighted by molar-refractivity contribution is 6.36. The summed E-state index contributed by atoms with van der Waals surface area (Å²) in [5.41, 5.74) is 3.05. The minimum Gasteiger partial charge on any atom is -0.506 e. The molecule has 0 aromatic heterocycles. The van der Waals surface area contributed by atoms with Crippen molar-refractivity contribution in [3.8, 4) is 0 Å². The van der Waals surface area contributed by atoms with Gasteiger partial charge in [-0.15, -0.1) is 0 Å². The van der Waals surface area contributed by atoms with E-state index in [1.54, 1.807) is 36.4 Å². The van der Waals surface area contributed by atoms with Gasteiger partial charge in [-0.3, -0.25) is 4.79 Å². The zero-order chi connectivity index (χ0) is 21.5. The fourth-order valence-electron chi connectivity index (χ4n) is 3.29. The lowest BCUT2D eigenvalue weighted by Gasteiger charge is -2.14. The Morgan fingerprint density at radius 1 is 0.548 bits per heavy atom. The number of nitrogens with zero attached hydrogens (tertiary/aromatic N) is 1. The van der Waals surface area contributed by atoms with Crippen molar-refractivity contribution in [1.82, 2.24) is 0 Å². The van der Waals surface area contributed by atoms with Gasteiger partial charge in [-0.1, -0.05) is 109 Å². The first-order valence-corrected chi connectivity index (χ1v) is 10.0. The Morgan fingerprint density at radius 3 is 1.48 bits per heavy atom. The molecule has 4 aromatic rings. The van der Waals surface area contributed by atoms with Crippen LogP contribution in [-0.4, -0.2) is 16.6 Å². The first kappa shape index (κ1) is 20.0. The Bertz CT molecular complexity index is 1210. The summed E-state index contributed by atoms with van der Waals surface area (Å²) in [5, 5.41) is 11.3. The van der Waals surface area contributed by atoms with Crippen LogP contribution in [0.25, 0.3) is 5.76 Å². The van der Waals surface area contributed by atoms with Crippen molar-refractivity contribution in [2.24, 2.45) is 4.99 Å². The number of rotatable bonds is 6. The highest BCUT2D eigenvalue weighted by Gasteiger charge is 2.25. The van der Waals surface area contributed by atoms with E-state index in [2.05, 4.69) is 0 Å². The van der Waals surface area contributed by atoms with Crippen molar-refractivity contribution in [1.29, 1.82) is 0 Å². The molecule has 0 heterocycles. The Balaban J connectivity index is 1.99. The number of hydrogen-bond acceptors (Lipinski definition) is 3. The number of aliphatic imine (C=N–C) groups is 1. The lowest BCUT2D eigenvalue weighted by atomic mass is 9.92. The van der Waals surface area contributed by atoms with Crippen LogP contribution in [0.3, 0.4) is 0 Å². The zero-order valence-electron chi connectivity index (χ0n) is 16.8. The third kappa shape index (κ3) is 4.68. The van der Waals surface area contributed by atoms with Crippen LogP contribution in [0.4, 0.5) is 5.69 Å². The number of carbonyl (C=O) groups excluding carboxylic acids is 1. The number of allylic oxidation sites excluding steroid dienone is 1. The maximum atomic E-state index is 13.7. The van der Waals surface area contributed by atoms with E-state index in [-0.39, 0.29) is 17.1 Å². The number of carbonyl (C=O) groups is 1. The second kappa shape index (κ2) is 9.51. The van der Waals surface area contributed by atoms with Crippen molar-refractivity contribution in [3.63, 3.8) is 0 Å². The first-order chi connectivity index (χ1) is 15.2. The average molecular weight is 403 g/mol. The van der Waals surface area contributed by atoms with Crippen LogP contribution in [0.2, 0.25) is 0 Å². The molecule has 0 fully saturated rings. The van der Waals surface area contributed by atoms with Crippen LogP contribution in [-0.2, 0) is 0 Å². The quantitative estimate of drug-likeness (QED) is 0.169. The molecule has 0 amide bonds. The van der Waals surface area contributed by atoms with Crippen molar-refractivity contribution >= 4 is 22.9 Å². The maximum absolute atomic E-state index is 13.7. The van der Waals surface area contributed by atoms with E-state index in [0.717, 1.165) is 5.56 Å². The summed E-state index contributed by atoms with van der Waals surface area (Å²) < 4.78 is 0. The van der Waals surface area contributed by atoms with Crippen molar-refractivity contribution < 1.29 is 9.90 Å². The second-order valence-corrected chi connectivity index (χ2v) is 6.95. The van der Waals surface area contributed by atoms with Gasteiger partial charge in [-0.2, -0.15) is 0 Å². The Kier molecular flexibility index (Phi) is 6.15. The van der Waals surface area contributed by atoms with Crippen LogP contribution in [0.1, 0.15) is 21.5 Å². The molecule has 4 aromatic carbocycles.